The molecule has 0 saturated carbocycles. The van der Waals surface area contributed by atoms with Crippen LogP contribution in [0.3, 0.4) is 0 Å². The topological polar surface area (TPSA) is 102 Å². The number of hydrogen-bond donors (Lipinski definition) is 3. The third kappa shape index (κ3) is 5.38. The van der Waals surface area contributed by atoms with Gasteiger partial charge in [-0.05, 0) is 19.4 Å². The zero-order chi connectivity index (χ0) is 17.6. The summed E-state index contributed by atoms with van der Waals surface area (Å²) in [7, 11) is -2.92. The van der Waals surface area contributed by atoms with E-state index in [0.29, 0.717) is 6.61 Å². The molecule has 1 fully saturated rings. The van der Waals surface area contributed by atoms with E-state index in [1.807, 2.05) is 51.2 Å². The summed E-state index contributed by atoms with van der Waals surface area (Å²) in [5.41, 5.74) is 6.73. The Morgan fingerprint density at radius 1 is 1.39 bits per heavy atom. The molecule has 7 heteroatoms. The van der Waals surface area contributed by atoms with Crippen LogP contribution >= 0.6 is 7.60 Å². The van der Waals surface area contributed by atoms with Crippen LogP contribution in [0.25, 0.3) is 0 Å². The van der Waals surface area contributed by atoms with E-state index in [4.69, 9.17) is 15.2 Å². The van der Waals surface area contributed by atoms with Crippen LogP contribution in [0.2, 0.25) is 0 Å². The zero-order valence-electron chi connectivity index (χ0n) is 14.1. The molecule has 23 heavy (non-hydrogen) atoms. The highest BCUT2D eigenvalue weighted by Gasteiger charge is 2.48. The molecular formula is C16H28NO5P. The Hall–Kier alpha value is -0.750. The summed E-state index contributed by atoms with van der Waals surface area (Å²) >= 11 is 0. The van der Waals surface area contributed by atoms with Gasteiger partial charge in [-0.3, -0.25) is 4.57 Å². The van der Waals surface area contributed by atoms with Gasteiger partial charge in [0.1, 0.15) is 5.78 Å². The summed E-state index contributed by atoms with van der Waals surface area (Å²) in [4.78, 5) is 19.0. The summed E-state index contributed by atoms with van der Waals surface area (Å²) in [6.07, 6.45) is 8.54. The lowest BCUT2D eigenvalue weighted by Gasteiger charge is -2.44. The second-order valence-corrected chi connectivity index (χ2v) is 7.68. The summed E-state index contributed by atoms with van der Waals surface area (Å²) in [5.74, 6) is -1.94. The van der Waals surface area contributed by atoms with Gasteiger partial charge < -0.3 is 25.0 Å². The van der Waals surface area contributed by atoms with E-state index >= 15 is 0 Å². The molecule has 0 aromatic heterocycles. The van der Waals surface area contributed by atoms with Crippen LogP contribution in [0.15, 0.2) is 36.0 Å². The number of rotatable bonds is 6. The van der Waals surface area contributed by atoms with Crippen molar-refractivity contribution in [1.82, 2.24) is 0 Å². The van der Waals surface area contributed by atoms with Gasteiger partial charge in [0.05, 0.1) is 18.8 Å². The molecule has 0 amide bonds. The molecule has 5 atom stereocenters. The van der Waals surface area contributed by atoms with E-state index in [1.165, 1.54) is 7.11 Å². The van der Waals surface area contributed by atoms with Gasteiger partial charge >= 0.3 is 7.60 Å². The number of nitrogens with two attached hydrogens (primary N) is 1. The largest absolute Gasteiger partial charge is 0.381 e. The average molecular weight is 345 g/mol. The Balaban J connectivity index is 3.13. The smallest absolute Gasteiger partial charge is 0.342 e. The molecule has 0 unspecified atom stereocenters. The van der Waals surface area contributed by atoms with Crippen LogP contribution in [-0.4, -0.2) is 41.5 Å². The highest BCUT2D eigenvalue weighted by molar-refractivity contribution is 7.52. The lowest BCUT2D eigenvalue weighted by molar-refractivity contribution is -0.124. The lowest BCUT2D eigenvalue weighted by Crippen LogP contribution is -2.54. The Morgan fingerprint density at radius 2 is 2.04 bits per heavy atom. The first kappa shape index (κ1) is 20.3. The van der Waals surface area contributed by atoms with Crippen LogP contribution in [0.4, 0.5) is 0 Å². The molecule has 0 spiro atoms. The maximum atomic E-state index is 11.7. The van der Waals surface area contributed by atoms with E-state index < -0.39 is 25.4 Å². The molecule has 0 aromatic rings. The molecule has 0 radical (unpaired) electrons. The molecule has 1 aliphatic rings. The molecule has 4 N–H and O–H groups in total. The Bertz CT molecular complexity index is 511. The molecule has 1 heterocycles. The Morgan fingerprint density at radius 3 is 2.57 bits per heavy atom. The zero-order valence-corrected chi connectivity index (χ0v) is 15.0. The van der Waals surface area contributed by atoms with Crippen molar-refractivity contribution in [2.45, 2.75) is 38.8 Å². The van der Waals surface area contributed by atoms with Gasteiger partial charge in [0, 0.05) is 18.9 Å². The van der Waals surface area contributed by atoms with Crippen molar-refractivity contribution in [3.8, 4) is 0 Å². The highest BCUT2D eigenvalue weighted by Crippen LogP contribution is 2.47. The normalized spacial score (nSPS) is 31.9. The van der Waals surface area contributed by atoms with Gasteiger partial charge in [0.25, 0.3) is 0 Å². The second kappa shape index (κ2) is 8.92. The number of allylic oxidation sites excluding steroid dienone is 5. The lowest BCUT2D eigenvalue weighted by atomic mass is 9.82. The molecule has 0 aliphatic carbocycles. The van der Waals surface area contributed by atoms with Crippen LogP contribution in [0.1, 0.15) is 20.8 Å². The van der Waals surface area contributed by atoms with Crippen molar-refractivity contribution in [3.63, 3.8) is 0 Å². The van der Waals surface area contributed by atoms with E-state index in [2.05, 4.69) is 0 Å². The summed E-state index contributed by atoms with van der Waals surface area (Å²) < 4.78 is 23.0. The molecule has 0 aromatic carbocycles. The van der Waals surface area contributed by atoms with Crippen molar-refractivity contribution >= 4 is 7.60 Å². The first-order chi connectivity index (χ1) is 10.7. The van der Waals surface area contributed by atoms with Gasteiger partial charge in [-0.2, -0.15) is 0 Å². The molecular weight excluding hydrogens is 317 g/mol. The van der Waals surface area contributed by atoms with Gasteiger partial charge in [-0.25, -0.2) is 0 Å². The predicted octanol–water partition coefficient (Wildman–Crippen LogP) is 2.19. The van der Waals surface area contributed by atoms with Gasteiger partial charge in [0.2, 0.25) is 0 Å². The van der Waals surface area contributed by atoms with Gasteiger partial charge in [-0.1, -0.05) is 37.3 Å². The van der Waals surface area contributed by atoms with Crippen LogP contribution in [0, 0.1) is 11.8 Å². The molecule has 6 nitrogen and oxygen atoms in total. The summed E-state index contributed by atoms with van der Waals surface area (Å²) in [6.45, 7) is 6.17. The van der Waals surface area contributed by atoms with E-state index in [-0.39, 0.29) is 12.0 Å². The van der Waals surface area contributed by atoms with Crippen molar-refractivity contribution in [1.29, 1.82) is 0 Å². The number of methoxy groups -OCH3 is 1. The highest BCUT2D eigenvalue weighted by atomic mass is 31.2. The first-order valence-electron chi connectivity index (χ1n) is 7.65. The van der Waals surface area contributed by atoms with E-state index in [1.54, 1.807) is 0 Å². The minimum Gasteiger partial charge on any atom is -0.381 e. The average Bonchev–Trinajstić information content (AvgIpc) is 2.49. The molecule has 1 aliphatic heterocycles. The minimum atomic E-state index is -4.45. The fraction of sp³-hybridized carbons (Fsp3) is 0.625. The molecule has 1 rings (SSSR count). The third-order valence-corrected chi connectivity index (χ3v) is 5.23. The van der Waals surface area contributed by atoms with Crippen molar-refractivity contribution in [3.05, 3.63) is 36.0 Å². The fourth-order valence-corrected chi connectivity index (χ4v) is 3.69. The van der Waals surface area contributed by atoms with Crippen molar-refractivity contribution in [2.75, 3.05) is 13.7 Å². The predicted molar refractivity (Wildman–Crippen MR) is 90.9 cm³/mol. The standard InChI is InChI=1S/C16H28NO5P/c1-5-6-7-8-9-11(2)15-13(16(17)23(18,19)20)14(21-4)12(3)10-22-15/h5-9,12-16H,10,17H2,1-4H3,(H2,18,19,20)/t12-,13-,14-,15-,16+/m1/s1. The van der Waals surface area contributed by atoms with Gasteiger partial charge in [0.15, 0.2) is 0 Å². The minimum absolute atomic E-state index is 0.00483. The van der Waals surface area contributed by atoms with Gasteiger partial charge in [-0.15, -0.1) is 0 Å². The summed E-state index contributed by atoms with van der Waals surface area (Å²) in [6, 6.07) is 0. The Kier molecular flexibility index (Phi) is 7.87. The second-order valence-electron chi connectivity index (χ2n) is 5.91. The first-order valence-corrected chi connectivity index (χ1v) is 9.33. The van der Waals surface area contributed by atoms with Crippen molar-refractivity contribution in [2.24, 2.45) is 17.6 Å². The third-order valence-electron chi connectivity index (χ3n) is 4.11. The summed E-state index contributed by atoms with van der Waals surface area (Å²) in [5, 5.41) is 0. The number of hydrogen-bond acceptors (Lipinski definition) is 4. The molecule has 0 bridgehead atoms. The van der Waals surface area contributed by atoms with Crippen molar-refractivity contribution < 1.29 is 23.8 Å². The molecule has 1 saturated heterocycles. The monoisotopic (exact) mass is 345 g/mol. The van der Waals surface area contributed by atoms with Crippen LogP contribution in [-0.2, 0) is 14.0 Å². The maximum absolute atomic E-state index is 11.7. The Labute approximate surface area is 138 Å². The fourth-order valence-electron chi connectivity index (χ4n) is 2.91. The van der Waals surface area contributed by atoms with Crippen LogP contribution < -0.4 is 5.73 Å². The SMILES string of the molecule is CC=CC=CC=C(C)[C@H]1OC[C@@H](C)[C@@H](OC)[C@H]1[C@@H](N)P(=O)(O)O. The number of ether oxygens (including phenoxy) is 2. The van der Waals surface area contributed by atoms with E-state index in [9.17, 15) is 14.4 Å². The quantitative estimate of drug-likeness (QED) is 0.504. The maximum Gasteiger partial charge on any atom is 0.342 e. The van der Waals surface area contributed by atoms with Crippen LogP contribution in [0.5, 0.6) is 0 Å². The van der Waals surface area contributed by atoms with E-state index in [0.717, 1.165) is 5.57 Å². The molecule has 132 valence electrons.